The SMILES string of the molecule is CCC(O)C(CNCc1ccc(C)cc1C)NC(=O)CNC(=O)c1cccc(C(F)(F)F)c1. The number of carbonyl (C=O) groups excluding carboxylic acids is 2. The molecule has 0 radical (unpaired) electrons. The van der Waals surface area contributed by atoms with E-state index >= 15 is 0 Å². The number of nitrogens with one attached hydrogen (secondary N) is 3. The summed E-state index contributed by atoms with van der Waals surface area (Å²) in [4.78, 5) is 24.5. The van der Waals surface area contributed by atoms with E-state index in [1.54, 1.807) is 6.92 Å². The van der Waals surface area contributed by atoms with Crippen LogP contribution in [-0.2, 0) is 17.5 Å². The van der Waals surface area contributed by atoms with Gasteiger partial charge in [0.25, 0.3) is 5.91 Å². The summed E-state index contributed by atoms with van der Waals surface area (Å²) in [5.74, 6) is -1.35. The average molecular weight is 466 g/mol. The number of hydrogen-bond donors (Lipinski definition) is 4. The first-order chi connectivity index (χ1) is 15.5. The fourth-order valence-electron chi connectivity index (χ4n) is 3.33. The highest BCUT2D eigenvalue weighted by atomic mass is 19.4. The van der Waals surface area contributed by atoms with Crippen molar-refractivity contribution >= 4 is 11.8 Å². The smallest absolute Gasteiger partial charge is 0.391 e. The number of aliphatic hydroxyl groups excluding tert-OH is 1. The molecular formula is C24H30F3N3O3. The topological polar surface area (TPSA) is 90.5 Å². The van der Waals surface area contributed by atoms with E-state index in [2.05, 4.69) is 22.0 Å². The summed E-state index contributed by atoms with van der Waals surface area (Å²) in [6, 6.07) is 9.47. The third-order valence-electron chi connectivity index (χ3n) is 5.27. The lowest BCUT2D eigenvalue weighted by Crippen LogP contribution is -2.51. The molecule has 0 spiro atoms. The van der Waals surface area contributed by atoms with Gasteiger partial charge in [-0.3, -0.25) is 9.59 Å². The predicted molar refractivity (Wildman–Crippen MR) is 120 cm³/mol. The maximum absolute atomic E-state index is 12.8. The van der Waals surface area contributed by atoms with E-state index in [9.17, 15) is 27.9 Å². The van der Waals surface area contributed by atoms with Crippen molar-refractivity contribution in [2.24, 2.45) is 0 Å². The van der Waals surface area contributed by atoms with E-state index in [4.69, 9.17) is 0 Å². The maximum Gasteiger partial charge on any atom is 0.416 e. The zero-order valence-electron chi connectivity index (χ0n) is 18.9. The van der Waals surface area contributed by atoms with Gasteiger partial charge < -0.3 is 21.1 Å². The molecule has 0 saturated carbocycles. The number of alkyl halides is 3. The number of rotatable bonds is 10. The minimum atomic E-state index is -4.57. The second-order valence-electron chi connectivity index (χ2n) is 7.97. The molecule has 2 rings (SSSR count). The minimum Gasteiger partial charge on any atom is -0.391 e. The number of halogens is 3. The summed E-state index contributed by atoms with van der Waals surface area (Å²) in [5, 5.41) is 18.5. The van der Waals surface area contributed by atoms with Crippen LogP contribution in [0.4, 0.5) is 13.2 Å². The Hall–Kier alpha value is -2.91. The molecule has 0 saturated heterocycles. The quantitative estimate of drug-likeness (QED) is 0.434. The van der Waals surface area contributed by atoms with Crippen LogP contribution in [0.5, 0.6) is 0 Å². The summed E-state index contributed by atoms with van der Waals surface area (Å²) in [6.07, 6.45) is -4.96. The van der Waals surface area contributed by atoms with Gasteiger partial charge in [-0.05, 0) is 49.6 Å². The van der Waals surface area contributed by atoms with Crippen LogP contribution in [-0.4, -0.2) is 42.2 Å². The molecule has 0 heterocycles. The van der Waals surface area contributed by atoms with E-state index in [-0.39, 0.29) is 5.56 Å². The van der Waals surface area contributed by atoms with Gasteiger partial charge in [0.1, 0.15) is 0 Å². The molecule has 2 unspecified atom stereocenters. The molecule has 2 amide bonds. The Kier molecular flexibility index (Phi) is 9.43. The van der Waals surface area contributed by atoms with Crippen LogP contribution in [0.2, 0.25) is 0 Å². The van der Waals surface area contributed by atoms with Gasteiger partial charge in [0.05, 0.1) is 24.3 Å². The standard InChI is InChI=1S/C24H30F3N3O3/c1-4-21(31)20(13-28-12-18-9-8-15(2)10-16(18)3)30-22(32)14-29-23(33)17-6-5-7-19(11-17)24(25,26)27/h5-11,20-21,28,31H,4,12-14H2,1-3H3,(H,29,33)(H,30,32). The largest absolute Gasteiger partial charge is 0.416 e. The van der Waals surface area contributed by atoms with Crippen LogP contribution in [0, 0.1) is 13.8 Å². The molecule has 2 aromatic rings. The normalized spacial score (nSPS) is 13.3. The fourth-order valence-corrected chi connectivity index (χ4v) is 3.33. The Morgan fingerprint density at radius 3 is 2.45 bits per heavy atom. The summed E-state index contributed by atoms with van der Waals surface area (Å²) < 4.78 is 38.5. The first-order valence-corrected chi connectivity index (χ1v) is 10.7. The lowest BCUT2D eigenvalue weighted by atomic mass is 10.1. The third kappa shape index (κ3) is 8.18. The summed E-state index contributed by atoms with van der Waals surface area (Å²) >= 11 is 0. The molecule has 2 atom stereocenters. The van der Waals surface area contributed by atoms with Crippen molar-refractivity contribution in [2.45, 2.75) is 52.1 Å². The van der Waals surface area contributed by atoms with Gasteiger partial charge in [0.2, 0.25) is 5.91 Å². The Morgan fingerprint density at radius 1 is 1.09 bits per heavy atom. The number of aliphatic hydroxyl groups is 1. The van der Waals surface area contributed by atoms with Gasteiger partial charge in [0, 0.05) is 18.7 Å². The molecule has 33 heavy (non-hydrogen) atoms. The van der Waals surface area contributed by atoms with E-state index in [1.165, 1.54) is 6.07 Å². The predicted octanol–water partition coefficient (Wildman–Crippen LogP) is 3.10. The number of benzene rings is 2. The molecular weight excluding hydrogens is 435 g/mol. The third-order valence-corrected chi connectivity index (χ3v) is 5.27. The molecule has 0 aliphatic rings. The Labute approximate surface area is 191 Å². The van der Waals surface area contributed by atoms with Crippen LogP contribution >= 0.6 is 0 Å². The highest BCUT2D eigenvalue weighted by Gasteiger charge is 2.31. The van der Waals surface area contributed by atoms with Gasteiger partial charge >= 0.3 is 6.18 Å². The molecule has 0 bridgehead atoms. The van der Waals surface area contributed by atoms with Crippen molar-refractivity contribution in [3.8, 4) is 0 Å². The molecule has 9 heteroatoms. The second-order valence-corrected chi connectivity index (χ2v) is 7.97. The monoisotopic (exact) mass is 465 g/mol. The number of aryl methyl sites for hydroxylation is 2. The highest BCUT2D eigenvalue weighted by molar-refractivity contribution is 5.96. The molecule has 180 valence electrons. The molecule has 0 aliphatic heterocycles. The van der Waals surface area contributed by atoms with Crippen molar-refractivity contribution in [1.29, 1.82) is 0 Å². The summed E-state index contributed by atoms with van der Waals surface area (Å²) in [6.45, 7) is 6.23. The highest BCUT2D eigenvalue weighted by Crippen LogP contribution is 2.29. The maximum atomic E-state index is 12.8. The lowest BCUT2D eigenvalue weighted by molar-refractivity contribution is -0.137. The second kappa shape index (κ2) is 11.8. The zero-order chi connectivity index (χ0) is 24.6. The van der Waals surface area contributed by atoms with Crippen molar-refractivity contribution in [2.75, 3.05) is 13.1 Å². The van der Waals surface area contributed by atoms with Crippen LogP contribution in [0.25, 0.3) is 0 Å². The molecule has 0 aromatic heterocycles. The first-order valence-electron chi connectivity index (χ1n) is 10.7. The lowest BCUT2D eigenvalue weighted by Gasteiger charge is -2.24. The summed E-state index contributed by atoms with van der Waals surface area (Å²) in [5.41, 5.74) is 2.26. The van der Waals surface area contributed by atoms with Crippen molar-refractivity contribution in [3.05, 3.63) is 70.3 Å². The van der Waals surface area contributed by atoms with Gasteiger partial charge in [-0.2, -0.15) is 13.2 Å². The van der Waals surface area contributed by atoms with Crippen molar-refractivity contribution in [3.63, 3.8) is 0 Å². The zero-order valence-corrected chi connectivity index (χ0v) is 18.9. The number of amides is 2. The number of hydrogen-bond acceptors (Lipinski definition) is 4. The van der Waals surface area contributed by atoms with Crippen LogP contribution in [0.3, 0.4) is 0 Å². The van der Waals surface area contributed by atoms with Gasteiger partial charge in [0.15, 0.2) is 0 Å². The van der Waals surface area contributed by atoms with Gasteiger partial charge in [-0.15, -0.1) is 0 Å². The molecule has 0 fully saturated rings. The van der Waals surface area contributed by atoms with E-state index < -0.39 is 42.2 Å². The van der Waals surface area contributed by atoms with Gasteiger partial charge in [-0.1, -0.05) is 36.8 Å². The van der Waals surface area contributed by atoms with E-state index in [0.29, 0.717) is 19.5 Å². The molecule has 6 nitrogen and oxygen atoms in total. The molecule has 4 N–H and O–H groups in total. The Morgan fingerprint density at radius 2 is 1.82 bits per heavy atom. The Balaban J connectivity index is 1.89. The van der Waals surface area contributed by atoms with Crippen molar-refractivity contribution < 1.29 is 27.9 Å². The van der Waals surface area contributed by atoms with Crippen LogP contribution < -0.4 is 16.0 Å². The first kappa shape index (κ1) is 26.3. The average Bonchev–Trinajstić information content (AvgIpc) is 2.77. The van der Waals surface area contributed by atoms with Crippen molar-refractivity contribution in [1.82, 2.24) is 16.0 Å². The van der Waals surface area contributed by atoms with E-state index in [1.807, 2.05) is 26.0 Å². The number of carbonyl (C=O) groups is 2. The fraction of sp³-hybridized carbons (Fsp3) is 0.417. The molecule has 0 aliphatic carbocycles. The minimum absolute atomic E-state index is 0.196. The van der Waals surface area contributed by atoms with Gasteiger partial charge in [-0.25, -0.2) is 0 Å². The Bertz CT molecular complexity index is 963. The molecule has 2 aromatic carbocycles. The summed E-state index contributed by atoms with van der Waals surface area (Å²) in [7, 11) is 0. The van der Waals surface area contributed by atoms with Crippen LogP contribution in [0.15, 0.2) is 42.5 Å². The van der Waals surface area contributed by atoms with E-state index in [0.717, 1.165) is 34.9 Å². The van der Waals surface area contributed by atoms with Crippen LogP contribution in [0.1, 0.15) is 46.0 Å².